The molecule has 0 saturated heterocycles. The fourth-order valence-electron chi connectivity index (χ4n) is 1.03. The minimum Gasteiger partial charge on any atom is -0.469 e. The lowest BCUT2D eigenvalue weighted by Crippen LogP contribution is -2.00. The van der Waals surface area contributed by atoms with Gasteiger partial charge in [-0.15, -0.1) is 0 Å². The van der Waals surface area contributed by atoms with Crippen LogP contribution in [0.3, 0.4) is 0 Å². The Morgan fingerprint density at radius 1 is 1.47 bits per heavy atom. The van der Waals surface area contributed by atoms with E-state index in [1.807, 2.05) is 0 Å². The van der Waals surface area contributed by atoms with Gasteiger partial charge < -0.3 is 14.9 Å². The molecule has 78 valence electrons. The zero-order valence-corrected chi connectivity index (χ0v) is 8.44. The van der Waals surface area contributed by atoms with Crippen molar-refractivity contribution in [2.24, 2.45) is 0 Å². The van der Waals surface area contributed by atoms with Crippen molar-refractivity contribution in [1.29, 1.82) is 0 Å². The normalized spacial score (nSPS) is 10.2. The molecule has 0 spiro atoms. The number of halogens is 1. The van der Waals surface area contributed by atoms with Crippen molar-refractivity contribution in [3.63, 3.8) is 0 Å². The largest absolute Gasteiger partial charge is 0.469 e. The maximum absolute atomic E-state index is 5.68. The summed E-state index contributed by atoms with van der Waals surface area (Å²) in [5.74, 6) is 1.10. The molecule has 0 saturated carbocycles. The van der Waals surface area contributed by atoms with Crippen molar-refractivity contribution in [3.8, 4) is 5.88 Å². The minimum absolute atomic E-state index is 0.0805. The first-order valence-corrected chi connectivity index (χ1v) is 4.57. The van der Waals surface area contributed by atoms with Gasteiger partial charge in [-0.1, -0.05) is 11.6 Å². The zero-order chi connectivity index (χ0) is 10.7. The third kappa shape index (κ3) is 2.60. The SMILES string of the molecule is Nc1nc(Cl)cc(OCc2ccco2)n1. The molecule has 0 aliphatic rings. The van der Waals surface area contributed by atoms with Crippen molar-refractivity contribution in [2.45, 2.75) is 6.61 Å². The fraction of sp³-hybridized carbons (Fsp3) is 0.111. The predicted molar refractivity (Wildman–Crippen MR) is 54.5 cm³/mol. The highest BCUT2D eigenvalue weighted by Crippen LogP contribution is 2.15. The van der Waals surface area contributed by atoms with Crippen molar-refractivity contribution in [2.75, 3.05) is 5.73 Å². The summed E-state index contributed by atoms with van der Waals surface area (Å²) in [5, 5.41) is 0.247. The molecule has 0 fully saturated rings. The Balaban J connectivity index is 2.05. The first kappa shape index (κ1) is 9.79. The molecule has 0 radical (unpaired) electrons. The van der Waals surface area contributed by atoms with Crippen LogP contribution in [-0.4, -0.2) is 9.97 Å². The van der Waals surface area contributed by atoms with Crippen LogP contribution in [0.4, 0.5) is 5.95 Å². The second-order valence-electron chi connectivity index (χ2n) is 2.76. The lowest BCUT2D eigenvalue weighted by molar-refractivity contribution is 0.260. The number of rotatable bonds is 3. The Morgan fingerprint density at radius 3 is 3.00 bits per heavy atom. The van der Waals surface area contributed by atoms with Crippen molar-refractivity contribution >= 4 is 17.5 Å². The number of aromatic nitrogens is 2. The number of nitrogens with zero attached hydrogens (tertiary/aromatic N) is 2. The molecule has 0 aliphatic heterocycles. The van der Waals surface area contributed by atoms with Gasteiger partial charge in [0.25, 0.3) is 0 Å². The summed E-state index contributed by atoms with van der Waals surface area (Å²) in [5.41, 5.74) is 5.40. The molecular formula is C9H8ClN3O2. The third-order valence-electron chi connectivity index (χ3n) is 1.63. The monoisotopic (exact) mass is 225 g/mol. The van der Waals surface area contributed by atoms with E-state index in [9.17, 15) is 0 Å². The summed E-state index contributed by atoms with van der Waals surface area (Å²) in [6.07, 6.45) is 1.57. The van der Waals surface area contributed by atoms with E-state index in [1.54, 1.807) is 18.4 Å². The number of nitrogen functional groups attached to an aromatic ring is 1. The maximum atomic E-state index is 5.68. The maximum Gasteiger partial charge on any atom is 0.224 e. The van der Waals surface area contributed by atoms with Crippen LogP contribution in [0.5, 0.6) is 5.88 Å². The highest BCUT2D eigenvalue weighted by atomic mass is 35.5. The van der Waals surface area contributed by atoms with Crippen LogP contribution in [-0.2, 0) is 6.61 Å². The Labute approximate surface area is 90.8 Å². The average molecular weight is 226 g/mol. The molecule has 15 heavy (non-hydrogen) atoms. The molecule has 2 N–H and O–H groups in total. The van der Waals surface area contributed by atoms with Crippen LogP contribution in [0.15, 0.2) is 28.9 Å². The molecule has 6 heteroatoms. The molecule has 0 bridgehead atoms. The number of nitrogens with two attached hydrogens (primary N) is 1. The van der Waals surface area contributed by atoms with E-state index in [-0.39, 0.29) is 17.7 Å². The number of hydrogen-bond donors (Lipinski definition) is 1. The van der Waals surface area contributed by atoms with Crippen LogP contribution >= 0.6 is 11.6 Å². The van der Waals surface area contributed by atoms with E-state index in [0.717, 1.165) is 0 Å². The molecule has 2 heterocycles. The third-order valence-corrected chi connectivity index (χ3v) is 1.82. The molecule has 2 rings (SSSR count). The second-order valence-corrected chi connectivity index (χ2v) is 3.14. The van der Waals surface area contributed by atoms with E-state index < -0.39 is 0 Å². The Kier molecular flexibility index (Phi) is 2.73. The van der Waals surface area contributed by atoms with Gasteiger partial charge in [0.15, 0.2) is 0 Å². The molecule has 0 amide bonds. The Bertz CT molecular complexity index is 424. The summed E-state index contributed by atoms with van der Waals surface area (Å²) < 4.78 is 10.4. The molecule has 5 nitrogen and oxygen atoms in total. The predicted octanol–water partition coefficient (Wildman–Crippen LogP) is 1.88. The van der Waals surface area contributed by atoms with Crippen LogP contribution in [0.1, 0.15) is 5.76 Å². The molecule has 0 unspecified atom stereocenters. The minimum atomic E-state index is 0.0805. The highest BCUT2D eigenvalue weighted by Gasteiger charge is 2.02. The summed E-state index contributed by atoms with van der Waals surface area (Å²) in [7, 11) is 0. The summed E-state index contributed by atoms with van der Waals surface area (Å²) in [6, 6.07) is 5.06. The first-order valence-electron chi connectivity index (χ1n) is 4.19. The van der Waals surface area contributed by atoms with E-state index in [0.29, 0.717) is 11.6 Å². The van der Waals surface area contributed by atoms with Crippen molar-refractivity contribution < 1.29 is 9.15 Å². The van der Waals surface area contributed by atoms with E-state index in [1.165, 1.54) is 6.07 Å². The molecular weight excluding hydrogens is 218 g/mol. The summed E-state index contributed by atoms with van der Waals surface area (Å²) in [4.78, 5) is 7.56. The molecule has 2 aromatic rings. The number of ether oxygens (including phenoxy) is 1. The molecule has 0 aromatic carbocycles. The van der Waals surface area contributed by atoms with Crippen LogP contribution < -0.4 is 10.5 Å². The van der Waals surface area contributed by atoms with Gasteiger partial charge in [0.05, 0.1) is 6.26 Å². The fourth-order valence-corrected chi connectivity index (χ4v) is 1.21. The second kappa shape index (κ2) is 4.18. The van der Waals surface area contributed by atoms with Gasteiger partial charge in [-0.25, -0.2) is 4.98 Å². The molecule has 0 aliphatic carbocycles. The lowest BCUT2D eigenvalue weighted by atomic mass is 10.5. The van der Waals surface area contributed by atoms with Crippen molar-refractivity contribution in [3.05, 3.63) is 35.4 Å². The van der Waals surface area contributed by atoms with E-state index >= 15 is 0 Å². The molecule has 2 aromatic heterocycles. The molecule has 0 atom stereocenters. The van der Waals surface area contributed by atoms with Gasteiger partial charge in [-0.05, 0) is 12.1 Å². The quantitative estimate of drug-likeness (QED) is 0.808. The lowest BCUT2D eigenvalue weighted by Gasteiger charge is -2.03. The zero-order valence-electron chi connectivity index (χ0n) is 7.68. The smallest absolute Gasteiger partial charge is 0.224 e. The van der Waals surface area contributed by atoms with Crippen LogP contribution in [0.2, 0.25) is 5.15 Å². The van der Waals surface area contributed by atoms with Crippen LogP contribution in [0.25, 0.3) is 0 Å². The van der Waals surface area contributed by atoms with E-state index in [2.05, 4.69) is 9.97 Å². The van der Waals surface area contributed by atoms with Gasteiger partial charge >= 0.3 is 0 Å². The van der Waals surface area contributed by atoms with Gasteiger partial charge in [-0.3, -0.25) is 0 Å². The van der Waals surface area contributed by atoms with Gasteiger partial charge in [0.2, 0.25) is 11.8 Å². The number of anilines is 1. The van der Waals surface area contributed by atoms with Gasteiger partial charge in [0.1, 0.15) is 17.5 Å². The number of furan rings is 1. The van der Waals surface area contributed by atoms with Gasteiger partial charge in [-0.2, -0.15) is 4.98 Å². The average Bonchev–Trinajstić information content (AvgIpc) is 2.65. The Morgan fingerprint density at radius 2 is 2.33 bits per heavy atom. The van der Waals surface area contributed by atoms with E-state index in [4.69, 9.17) is 26.5 Å². The first-order chi connectivity index (χ1) is 7.24. The number of hydrogen-bond acceptors (Lipinski definition) is 5. The van der Waals surface area contributed by atoms with Crippen LogP contribution in [0, 0.1) is 0 Å². The Hall–Kier alpha value is -1.75. The summed E-state index contributed by atoms with van der Waals surface area (Å²) >= 11 is 5.68. The van der Waals surface area contributed by atoms with Gasteiger partial charge in [0, 0.05) is 6.07 Å². The highest BCUT2D eigenvalue weighted by molar-refractivity contribution is 6.29. The van der Waals surface area contributed by atoms with Crippen molar-refractivity contribution in [1.82, 2.24) is 9.97 Å². The standard InChI is InChI=1S/C9H8ClN3O2/c10-7-4-8(13-9(11)12-7)15-5-6-2-1-3-14-6/h1-4H,5H2,(H2,11,12,13). The topological polar surface area (TPSA) is 74.2 Å². The summed E-state index contributed by atoms with van der Waals surface area (Å²) in [6.45, 7) is 0.278.